The molecule has 1 aliphatic heterocycles. The maximum absolute atomic E-state index is 13.7. The number of rotatable bonds is 7. The minimum absolute atomic E-state index is 0.131. The van der Waals surface area contributed by atoms with Crippen LogP contribution in [0, 0.1) is 5.82 Å². The molecule has 3 aromatic carbocycles. The summed E-state index contributed by atoms with van der Waals surface area (Å²) in [5.41, 5.74) is 1.88. The minimum atomic E-state index is -1.01. The zero-order chi connectivity index (χ0) is 27.0. The number of nitrogens with one attached hydrogen (secondary N) is 1. The minimum Gasteiger partial charge on any atom is -0.503 e. The highest BCUT2D eigenvalue weighted by Crippen LogP contribution is 2.43. The van der Waals surface area contributed by atoms with Gasteiger partial charge in [0.2, 0.25) is 0 Å². The summed E-state index contributed by atoms with van der Waals surface area (Å²) in [6.07, 6.45) is 1.21. The summed E-state index contributed by atoms with van der Waals surface area (Å²) in [6.45, 7) is 0.278. The number of amides is 2. The summed E-state index contributed by atoms with van der Waals surface area (Å²) in [4.78, 5) is 32.4. The molecule has 2 heterocycles. The lowest BCUT2D eigenvalue weighted by Gasteiger charge is -2.24. The van der Waals surface area contributed by atoms with Gasteiger partial charge in [-0.3, -0.25) is 14.5 Å². The van der Waals surface area contributed by atoms with Crippen LogP contribution < -0.4 is 10.2 Å². The molecule has 1 aliphatic rings. The normalized spacial score (nSPS) is 15.5. The third-order valence-corrected chi connectivity index (χ3v) is 8.09. The van der Waals surface area contributed by atoms with E-state index in [4.69, 9.17) is 34.8 Å². The van der Waals surface area contributed by atoms with Gasteiger partial charge in [0, 0.05) is 11.6 Å². The van der Waals surface area contributed by atoms with Crippen molar-refractivity contribution >= 4 is 73.3 Å². The number of nitrogens with zero attached hydrogens (tertiary/aromatic N) is 2. The Kier molecular flexibility index (Phi) is 7.59. The maximum Gasteiger partial charge on any atom is 0.296 e. The fourth-order valence-corrected chi connectivity index (χ4v) is 5.86. The fourth-order valence-electron chi connectivity index (χ4n) is 4.27. The van der Waals surface area contributed by atoms with Crippen LogP contribution in [0.15, 0.2) is 72.0 Å². The number of carbonyl (C=O) groups excluding carboxylic acids is 2. The number of fused-ring (bicyclic) bond motifs is 1. The molecule has 2 amide bonds. The first-order valence-electron chi connectivity index (χ1n) is 11.5. The van der Waals surface area contributed by atoms with Gasteiger partial charge >= 0.3 is 0 Å². The molecule has 0 fully saturated rings. The number of aliphatic hydroxyl groups is 1. The third kappa shape index (κ3) is 5.22. The van der Waals surface area contributed by atoms with E-state index in [1.165, 1.54) is 40.5 Å². The first-order chi connectivity index (χ1) is 18.2. The standard InChI is InChI=1S/C27H19Cl3FN3O3S/c28-16-6-10-20-21(13-16)38-27(33-20)34-23(15-4-7-17(31)8-5-15)22(24(35)26(34)37)25(36)32-11-1-2-14-3-9-18(29)19(30)12-14/h3-10,12-13,23,35H,1-2,11H2,(H,32,36). The summed E-state index contributed by atoms with van der Waals surface area (Å²) in [5.74, 6) is -2.53. The van der Waals surface area contributed by atoms with E-state index in [9.17, 15) is 19.1 Å². The van der Waals surface area contributed by atoms with E-state index in [2.05, 4.69) is 10.3 Å². The van der Waals surface area contributed by atoms with Crippen LogP contribution in [-0.2, 0) is 16.0 Å². The molecule has 5 rings (SSSR count). The summed E-state index contributed by atoms with van der Waals surface area (Å²) in [5, 5.41) is 15.3. The lowest BCUT2D eigenvalue weighted by molar-refractivity contribution is -0.119. The molecule has 1 aromatic heterocycles. The van der Waals surface area contributed by atoms with E-state index in [0.29, 0.717) is 39.0 Å². The van der Waals surface area contributed by atoms with Crippen molar-refractivity contribution in [3.63, 3.8) is 0 Å². The molecule has 194 valence electrons. The number of carbonyl (C=O) groups is 2. The number of anilines is 1. The number of aryl methyl sites for hydroxylation is 1. The third-order valence-electron chi connectivity index (χ3n) is 6.10. The second-order valence-corrected chi connectivity index (χ2v) is 10.9. The van der Waals surface area contributed by atoms with E-state index in [-0.39, 0.29) is 17.2 Å². The number of aromatic nitrogens is 1. The zero-order valence-electron chi connectivity index (χ0n) is 19.6. The largest absolute Gasteiger partial charge is 0.503 e. The molecule has 0 radical (unpaired) electrons. The lowest BCUT2D eigenvalue weighted by Crippen LogP contribution is -2.33. The van der Waals surface area contributed by atoms with Gasteiger partial charge < -0.3 is 10.4 Å². The first kappa shape index (κ1) is 26.4. The summed E-state index contributed by atoms with van der Waals surface area (Å²) in [6, 6.07) is 14.9. The number of hydrogen-bond acceptors (Lipinski definition) is 5. The average molecular weight is 591 g/mol. The van der Waals surface area contributed by atoms with Crippen LogP contribution in [0.25, 0.3) is 10.2 Å². The van der Waals surface area contributed by atoms with Crippen molar-refractivity contribution in [1.29, 1.82) is 0 Å². The molecule has 0 saturated carbocycles. The highest BCUT2D eigenvalue weighted by molar-refractivity contribution is 7.22. The lowest BCUT2D eigenvalue weighted by atomic mass is 9.98. The van der Waals surface area contributed by atoms with Crippen molar-refractivity contribution in [3.8, 4) is 0 Å². The van der Waals surface area contributed by atoms with Crippen molar-refractivity contribution < 1.29 is 19.1 Å². The van der Waals surface area contributed by atoms with Gasteiger partial charge in [-0.1, -0.05) is 64.3 Å². The van der Waals surface area contributed by atoms with Crippen LogP contribution in [0.1, 0.15) is 23.6 Å². The van der Waals surface area contributed by atoms with Gasteiger partial charge in [0.15, 0.2) is 10.9 Å². The van der Waals surface area contributed by atoms with Gasteiger partial charge in [0.05, 0.1) is 31.9 Å². The second kappa shape index (κ2) is 10.9. The van der Waals surface area contributed by atoms with Crippen molar-refractivity contribution in [2.24, 2.45) is 0 Å². The number of aliphatic hydroxyl groups excluding tert-OH is 1. The van der Waals surface area contributed by atoms with Crippen LogP contribution in [0.2, 0.25) is 15.1 Å². The molecule has 38 heavy (non-hydrogen) atoms. The molecule has 1 unspecified atom stereocenters. The van der Waals surface area contributed by atoms with Gasteiger partial charge in [0.1, 0.15) is 5.82 Å². The van der Waals surface area contributed by atoms with Crippen LogP contribution in [0.3, 0.4) is 0 Å². The summed E-state index contributed by atoms with van der Waals surface area (Å²) < 4.78 is 14.4. The number of hydrogen-bond donors (Lipinski definition) is 2. The van der Waals surface area contributed by atoms with Gasteiger partial charge in [-0.25, -0.2) is 9.37 Å². The molecule has 0 aliphatic carbocycles. The molecule has 4 aromatic rings. The Morgan fingerprint density at radius 1 is 1.05 bits per heavy atom. The summed E-state index contributed by atoms with van der Waals surface area (Å²) >= 11 is 19.3. The number of thiazole rings is 1. The van der Waals surface area contributed by atoms with E-state index < -0.39 is 29.4 Å². The molecular formula is C27H19Cl3FN3O3S. The molecular weight excluding hydrogens is 572 g/mol. The van der Waals surface area contributed by atoms with Crippen molar-refractivity contribution in [3.05, 3.63) is 104 Å². The Labute approximate surface area is 236 Å². The molecule has 1 atom stereocenters. The number of halogens is 4. The van der Waals surface area contributed by atoms with Crippen LogP contribution in [0.5, 0.6) is 0 Å². The van der Waals surface area contributed by atoms with Crippen LogP contribution >= 0.6 is 46.1 Å². The molecule has 0 saturated heterocycles. The average Bonchev–Trinajstić information content (AvgIpc) is 3.42. The Balaban J connectivity index is 1.41. The smallest absolute Gasteiger partial charge is 0.296 e. The highest BCUT2D eigenvalue weighted by atomic mass is 35.5. The molecule has 0 bridgehead atoms. The molecule has 11 heteroatoms. The maximum atomic E-state index is 13.7. The SMILES string of the molecule is O=C(NCCCc1ccc(Cl)c(Cl)c1)C1=C(O)C(=O)N(c2nc3ccc(Cl)cc3s2)C1c1ccc(F)cc1. The second-order valence-electron chi connectivity index (χ2n) is 8.61. The predicted molar refractivity (Wildman–Crippen MR) is 149 cm³/mol. The van der Waals surface area contributed by atoms with E-state index in [1.807, 2.05) is 6.07 Å². The monoisotopic (exact) mass is 589 g/mol. The van der Waals surface area contributed by atoms with Crippen molar-refractivity contribution in [2.75, 3.05) is 11.4 Å². The van der Waals surface area contributed by atoms with E-state index in [0.717, 1.165) is 10.3 Å². The van der Waals surface area contributed by atoms with Crippen molar-refractivity contribution in [2.45, 2.75) is 18.9 Å². The highest BCUT2D eigenvalue weighted by Gasteiger charge is 2.45. The Morgan fingerprint density at radius 2 is 1.82 bits per heavy atom. The van der Waals surface area contributed by atoms with E-state index in [1.54, 1.807) is 30.3 Å². The van der Waals surface area contributed by atoms with Crippen LogP contribution in [-0.4, -0.2) is 28.4 Å². The van der Waals surface area contributed by atoms with Crippen LogP contribution in [0.4, 0.5) is 9.52 Å². The molecule has 0 spiro atoms. The van der Waals surface area contributed by atoms with Gasteiger partial charge in [-0.15, -0.1) is 0 Å². The Hall–Kier alpha value is -3.17. The molecule has 6 nitrogen and oxygen atoms in total. The van der Waals surface area contributed by atoms with Crippen molar-refractivity contribution in [1.82, 2.24) is 10.3 Å². The summed E-state index contributed by atoms with van der Waals surface area (Å²) in [7, 11) is 0. The first-order valence-corrected chi connectivity index (χ1v) is 13.5. The van der Waals surface area contributed by atoms with Gasteiger partial charge in [0.25, 0.3) is 11.8 Å². The molecule has 2 N–H and O–H groups in total. The van der Waals surface area contributed by atoms with Gasteiger partial charge in [-0.05, 0) is 66.4 Å². The predicted octanol–water partition coefficient (Wildman–Crippen LogP) is 7.04. The zero-order valence-corrected chi connectivity index (χ0v) is 22.6. The fraction of sp³-hybridized carbons (Fsp3) is 0.148. The number of benzene rings is 3. The van der Waals surface area contributed by atoms with E-state index >= 15 is 0 Å². The topological polar surface area (TPSA) is 82.5 Å². The Bertz CT molecular complexity index is 1590. The Morgan fingerprint density at radius 3 is 2.55 bits per heavy atom. The van der Waals surface area contributed by atoms with Gasteiger partial charge in [-0.2, -0.15) is 0 Å². The quantitative estimate of drug-likeness (QED) is 0.226.